The van der Waals surface area contributed by atoms with Crippen LogP contribution in [-0.2, 0) is 19.1 Å². The minimum absolute atomic E-state index is 0.0420. The van der Waals surface area contributed by atoms with Gasteiger partial charge >= 0.3 is 11.9 Å². The Labute approximate surface area is 210 Å². The molecule has 190 valence electrons. The first-order valence-corrected chi connectivity index (χ1v) is 13.6. The van der Waals surface area contributed by atoms with E-state index in [2.05, 4.69) is 53.7 Å². The van der Waals surface area contributed by atoms with E-state index in [1.165, 1.54) is 5.57 Å². The number of nitrogens with zero attached hydrogens (tertiary/aromatic N) is 1. The molecule has 4 fully saturated rings. The Morgan fingerprint density at radius 2 is 1.69 bits per heavy atom. The van der Waals surface area contributed by atoms with E-state index in [0.29, 0.717) is 17.8 Å². The summed E-state index contributed by atoms with van der Waals surface area (Å²) in [5, 5.41) is 8.86. The lowest BCUT2D eigenvalue weighted by atomic mass is 9.47. The van der Waals surface area contributed by atoms with E-state index in [0.717, 1.165) is 50.7 Å². The van der Waals surface area contributed by atoms with E-state index >= 15 is 0 Å². The zero-order valence-corrected chi connectivity index (χ0v) is 22.3. The van der Waals surface area contributed by atoms with Gasteiger partial charge in [-0.1, -0.05) is 46.3 Å². The standard InChI is InChI=1S/C30H41NO4/c1-27(2)24(28(27,3)4)26(33)35-23-9-7-8-18-10-11-19-20-12-13-22(25(32)34-17-16-31)29(20,5)15-14-21(19)30(18,23)6/h8-9,19-22,24H,7,10-15,17H2,1-6H3/t19-,20-,21-,22+,29-,30-/m0/s1. The van der Waals surface area contributed by atoms with Crippen molar-refractivity contribution in [2.24, 2.45) is 51.2 Å². The van der Waals surface area contributed by atoms with Crippen LogP contribution in [0.15, 0.2) is 23.5 Å². The molecule has 4 saturated carbocycles. The van der Waals surface area contributed by atoms with Gasteiger partial charge in [0.05, 0.1) is 11.8 Å². The Hall–Kier alpha value is -2.09. The molecule has 0 N–H and O–H groups in total. The Morgan fingerprint density at radius 1 is 0.971 bits per heavy atom. The number of hydrogen-bond donors (Lipinski definition) is 0. The number of nitriles is 1. The molecule has 5 heteroatoms. The van der Waals surface area contributed by atoms with Crippen molar-refractivity contribution in [2.75, 3.05) is 6.61 Å². The fourth-order valence-corrected chi connectivity index (χ4v) is 9.09. The van der Waals surface area contributed by atoms with Crippen molar-refractivity contribution >= 4 is 11.9 Å². The number of ether oxygens (including phenoxy) is 2. The predicted molar refractivity (Wildman–Crippen MR) is 132 cm³/mol. The van der Waals surface area contributed by atoms with Crippen LogP contribution in [0.1, 0.15) is 86.5 Å². The molecule has 5 rings (SSSR count). The summed E-state index contributed by atoms with van der Waals surface area (Å²) in [6.45, 7) is 13.1. The predicted octanol–water partition coefficient (Wildman–Crippen LogP) is 6.35. The lowest BCUT2D eigenvalue weighted by Crippen LogP contribution is -2.51. The van der Waals surface area contributed by atoms with E-state index in [1.54, 1.807) is 0 Å². The molecule has 0 aromatic rings. The van der Waals surface area contributed by atoms with Gasteiger partial charge in [0.1, 0.15) is 11.8 Å². The van der Waals surface area contributed by atoms with Crippen molar-refractivity contribution in [3.63, 3.8) is 0 Å². The second-order valence-electron chi connectivity index (χ2n) is 13.4. The molecule has 0 amide bonds. The van der Waals surface area contributed by atoms with Crippen LogP contribution < -0.4 is 0 Å². The van der Waals surface area contributed by atoms with Crippen LogP contribution in [-0.4, -0.2) is 18.5 Å². The van der Waals surface area contributed by atoms with Gasteiger partial charge in [-0.25, -0.2) is 0 Å². The summed E-state index contributed by atoms with van der Waals surface area (Å²) in [6, 6.07) is 1.93. The van der Waals surface area contributed by atoms with Crippen molar-refractivity contribution in [1.29, 1.82) is 5.26 Å². The van der Waals surface area contributed by atoms with Gasteiger partial charge in [0.15, 0.2) is 6.61 Å². The van der Waals surface area contributed by atoms with Gasteiger partial charge in [0.2, 0.25) is 0 Å². The fourth-order valence-electron chi connectivity index (χ4n) is 9.09. The van der Waals surface area contributed by atoms with Crippen molar-refractivity contribution in [1.82, 2.24) is 0 Å². The van der Waals surface area contributed by atoms with Crippen LogP contribution >= 0.6 is 0 Å². The quantitative estimate of drug-likeness (QED) is 0.347. The second kappa shape index (κ2) is 7.95. The SMILES string of the molecule is CC1(C)C(C(=O)OC2=CCC=C3CC[C@@H]4[C@H](CC[C@]5(C)[C@@H](C(=O)OCC#N)CC[C@@H]45)[C@]32C)C1(C)C. The van der Waals surface area contributed by atoms with Gasteiger partial charge in [-0.15, -0.1) is 0 Å². The van der Waals surface area contributed by atoms with Gasteiger partial charge in [0.25, 0.3) is 0 Å². The van der Waals surface area contributed by atoms with Crippen molar-refractivity contribution in [3.8, 4) is 6.07 Å². The first kappa shape index (κ1) is 24.6. The van der Waals surface area contributed by atoms with E-state index < -0.39 is 0 Å². The molecule has 0 heterocycles. The molecule has 0 aliphatic heterocycles. The maximum Gasteiger partial charge on any atom is 0.315 e. The van der Waals surface area contributed by atoms with Crippen LogP contribution in [0.5, 0.6) is 0 Å². The highest BCUT2D eigenvalue weighted by atomic mass is 16.5. The molecule has 35 heavy (non-hydrogen) atoms. The molecule has 5 aliphatic rings. The Balaban J connectivity index is 1.39. The van der Waals surface area contributed by atoms with Crippen molar-refractivity contribution in [3.05, 3.63) is 23.5 Å². The molecule has 5 aliphatic carbocycles. The molecular weight excluding hydrogens is 438 g/mol. The van der Waals surface area contributed by atoms with Crippen LogP contribution in [0.25, 0.3) is 0 Å². The summed E-state index contributed by atoms with van der Waals surface area (Å²) in [7, 11) is 0. The smallest absolute Gasteiger partial charge is 0.315 e. The van der Waals surface area contributed by atoms with Crippen molar-refractivity contribution in [2.45, 2.75) is 86.5 Å². The Kier molecular flexibility index (Phi) is 5.59. The highest BCUT2D eigenvalue weighted by molar-refractivity contribution is 5.80. The number of hydrogen-bond acceptors (Lipinski definition) is 5. The van der Waals surface area contributed by atoms with Gasteiger partial charge in [0, 0.05) is 5.41 Å². The summed E-state index contributed by atoms with van der Waals surface area (Å²) in [4.78, 5) is 26.2. The average molecular weight is 480 g/mol. The summed E-state index contributed by atoms with van der Waals surface area (Å²) in [6.07, 6.45) is 11.4. The van der Waals surface area contributed by atoms with Crippen LogP contribution in [0.4, 0.5) is 0 Å². The number of fused-ring (bicyclic) bond motifs is 5. The van der Waals surface area contributed by atoms with Crippen molar-refractivity contribution < 1.29 is 19.1 Å². The lowest BCUT2D eigenvalue weighted by molar-refractivity contribution is -0.155. The molecule has 0 radical (unpaired) electrons. The molecule has 5 nitrogen and oxygen atoms in total. The zero-order valence-electron chi connectivity index (χ0n) is 22.3. The molecular formula is C30H41NO4. The minimum atomic E-state index is -0.249. The van der Waals surface area contributed by atoms with E-state index in [-0.39, 0.29) is 52.0 Å². The molecule has 0 aromatic heterocycles. The largest absolute Gasteiger partial charge is 0.450 e. The molecule has 0 aromatic carbocycles. The normalized spacial score (nSPS) is 40.7. The number of rotatable bonds is 4. The van der Waals surface area contributed by atoms with Crippen LogP contribution in [0.2, 0.25) is 0 Å². The third kappa shape index (κ3) is 3.31. The average Bonchev–Trinajstić information content (AvgIpc) is 3.04. The molecule has 0 bridgehead atoms. The highest BCUT2D eigenvalue weighted by Crippen LogP contribution is 2.70. The number of allylic oxidation sites excluding steroid dienone is 3. The first-order valence-electron chi connectivity index (χ1n) is 13.6. The summed E-state index contributed by atoms with van der Waals surface area (Å²) in [5.41, 5.74) is 1.02. The maximum absolute atomic E-state index is 13.4. The Bertz CT molecular complexity index is 1030. The first-order chi connectivity index (χ1) is 16.4. The van der Waals surface area contributed by atoms with E-state index in [1.807, 2.05) is 6.07 Å². The molecule has 0 unspecified atom stereocenters. The molecule has 0 spiro atoms. The summed E-state index contributed by atoms with van der Waals surface area (Å²) >= 11 is 0. The summed E-state index contributed by atoms with van der Waals surface area (Å²) < 4.78 is 11.6. The third-order valence-electron chi connectivity index (χ3n) is 11.8. The zero-order chi connectivity index (χ0) is 25.4. The Morgan fingerprint density at radius 3 is 2.34 bits per heavy atom. The van der Waals surface area contributed by atoms with Gasteiger partial charge < -0.3 is 9.47 Å². The van der Waals surface area contributed by atoms with Crippen LogP contribution in [0, 0.1) is 62.6 Å². The topological polar surface area (TPSA) is 76.4 Å². The van der Waals surface area contributed by atoms with Crippen LogP contribution in [0.3, 0.4) is 0 Å². The fraction of sp³-hybridized carbons (Fsp3) is 0.767. The maximum atomic E-state index is 13.4. The second-order valence-corrected chi connectivity index (χ2v) is 13.4. The summed E-state index contributed by atoms with van der Waals surface area (Å²) in [5.74, 6) is 1.78. The third-order valence-corrected chi connectivity index (χ3v) is 11.8. The molecule has 0 saturated heterocycles. The van der Waals surface area contributed by atoms with E-state index in [9.17, 15) is 9.59 Å². The number of carbonyl (C=O) groups is 2. The molecule has 6 atom stereocenters. The number of esters is 2. The van der Waals surface area contributed by atoms with Gasteiger partial charge in [-0.2, -0.15) is 5.26 Å². The lowest BCUT2D eigenvalue weighted by Gasteiger charge is -2.57. The van der Waals surface area contributed by atoms with Gasteiger partial charge in [-0.05, 0) is 91.9 Å². The number of carbonyl (C=O) groups excluding carboxylic acids is 2. The van der Waals surface area contributed by atoms with Gasteiger partial charge in [-0.3, -0.25) is 9.59 Å². The van der Waals surface area contributed by atoms with E-state index in [4.69, 9.17) is 14.7 Å². The highest BCUT2D eigenvalue weighted by Gasteiger charge is 2.70. The minimum Gasteiger partial charge on any atom is -0.450 e. The monoisotopic (exact) mass is 479 g/mol.